The van der Waals surface area contributed by atoms with Gasteiger partial charge in [-0.15, -0.1) is 0 Å². The smallest absolute Gasteiger partial charge is 0.264 e. The van der Waals surface area contributed by atoms with Crippen LogP contribution in [0.25, 0.3) is 0 Å². The van der Waals surface area contributed by atoms with E-state index >= 15 is 0 Å². The fraction of sp³-hybridized carbons (Fsp3) is 0.200. The fourth-order valence-corrected chi connectivity index (χ4v) is 1.01. The summed E-state index contributed by atoms with van der Waals surface area (Å²) in [6.07, 6.45) is 2.54. The molecule has 0 saturated carbocycles. The molecule has 0 aliphatic rings. The Hall–Kier alpha value is -1.82. The van der Waals surface area contributed by atoms with Gasteiger partial charge in [0.2, 0.25) is 0 Å². The van der Waals surface area contributed by atoms with Crippen LogP contribution in [-0.2, 0) is 6.42 Å². The minimum Gasteiger partial charge on any atom is -0.268 e. The van der Waals surface area contributed by atoms with Gasteiger partial charge in [0, 0.05) is 5.56 Å². The Morgan fingerprint density at radius 2 is 2.08 bits per heavy atom. The average molecular weight is 174 g/mol. The van der Waals surface area contributed by atoms with Crippen LogP contribution in [0.5, 0.6) is 0 Å². The van der Waals surface area contributed by atoms with Gasteiger partial charge in [0.25, 0.3) is 5.91 Å². The number of hydrogen-bond acceptors (Lipinski definition) is 2. The summed E-state index contributed by atoms with van der Waals surface area (Å²) < 4.78 is 0. The van der Waals surface area contributed by atoms with Gasteiger partial charge in [0.05, 0.1) is 0 Å². The Morgan fingerprint density at radius 3 is 2.54 bits per heavy atom. The minimum atomic E-state index is -0.356. The van der Waals surface area contributed by atoms with Gasteiger partial charge < -0.3 is 0 Å². The maximum atomic E-state index is 11.1. The number of benzene rings is 1. The highest BCUT2D eigenvalue weighted by atomic mass is 16.1. The third-order valence-electron chi connectivity index (χ3n) is 1.79. The number of amides is 1. The summed E-state index contributed by atoms with van der Waals surface area (Å²) in [4.78, 5) is 11.1. The van der Waals surface area contributed by atoms with Crippen molar-refractivity contribution in [3.05, 3.63) is 35.4 Å². The van der Waals surface area contributed by atoms with E-state index in [2.05, 4.69) is 5.32 Å². The van der Waals surface area contributed by atoms with E-state index in [9.17, 15) is 4.79 Å². The molecule has 0 heterocycles. The van der Waals surface area contributed by atoms with Gasteiger partial charge in [0.1, 0.15) is 0 Å². The molecule has 1 aromatic rings. The molecule has 1 N–H and O–H groups in total. The van der Waals surface area contributed by atoms with Crippen LogP contribution in [0.1, 0.15) is 22.8 Å². The topological polar surface area (TPSA) is 52.9 Å². The molecule has 1 rings (SSSR count). The summed E-state index contributed by atoms with van der Waals surface area (Å²) in [5.74, 6) is -0.356. The van der Waals surface area contributed by atoms with Gasteiger partial charge in [-0.3, -0.25) is 10.1 Å². The van der Waals surface area contributed by atoms with E-state index in [1.807, 2.05) is 19.1 Å². The molecule has 0 aliphatic heterocycles. The van der Waals surface area contributed by atoms with Crippen molar-refractivity contribution in [3.63, 3.8) is 0 Å². The van der Waals surface area contributed by atoms with Crippen LogP contribution < -0.4 is 5.32 Å². The number of carbonyl (C=O) groups is 1. The molecular weight excluding hydrogens is 164 g/mol. The van der Waals surface area contributed by atoms with E-state index in [1.54, 1.807) is 18.3 Å². The molecule has 0 saturated heterocycles. The Morgan fingerprint density at radius 1 is 1.46 bits per heavy atom. The summed E-state index contributed by atoms with van der Waals surface area (Å²) in [6.45, 7) is 2.05. The minimum absolute atomic E-state index is 0.356. The zero-order valence-electron chi connectivity index (χ0n) is 7.37. The Kier molecular flexibility index (Phi) is 3.04. The molecule has 0 aliphatic carbocycles. The predicted molar refractivity (Wildman–Crippen MR) is 48.9 cm³/mol. The van der Waals surface area contributed by atoms with Gasteiger partial charge in [-0.1, -0.05) is 19.1 Å². The molecule has 13 heavy (non-hydrogen) atoms. The number of nitrogens with one attached hydrogen (secondary N) is 1. The largest absolute Gasteiger partial charge is 0.268 e. The number of rotatable bonds is 2. The molecule has 1 aromatic carbocycles. The number of carbonyl (C=O) groups excluding carboxylic acids is 1. The first-order valence-electron chi connectivity index (χ1n) is 4.06. The lowest BCUT2D eigenvalue weighted by Gasteiger charge is -1.99. The highest BCUT2D eigenvalue weighted by molar-refractivity contribution is 5.95. The molecule has 0 aromatic heterocycles. The van der Waals surface area contributed by atoms with Gasteiger partial charge in [-0.25, -0.2) is 0 Å². The van der Waals surface area contributed by atoms with E-state index in [-0.39, 0.29) is 5.91 Å². The Labute approximate surface area is 77.0 Å². The van der Waals surface area contributed by atoms with Gasteiger partial charge in [-0.2, -0.15) is 5.26 Å². The van der Waals surface area contributed by atoms with Crippen molar-refractivity contribution >= 4 is 5.91 Å². The predicted octanol–water partition coefficient (Wildman–Crippen LogP) is 1.46. The monoisotopic (exact) mass is 174 g/mol. The van der Waals surface area contributed by atoms with Crippen molar-refractivity contribution in [1.29, 1.82) is 5.26 Å². The Bertz CT molecular complexity index is 335. The summed E-state index contributed by atoms with van der Waals surface area (Å²) in [6, 6.07) is 7.19. The molecule has 0 spiro atoms. The molecule has 0 radical (unpaired) electrons. The molecule has 3 heteroatoms. The lowest BCUT2D eigenvalue weighted by molar-refractivity contribution is 0.0973. The third-order valence-corrected chi connectivity index (χ3v) is 1.79. The highest BCUT2D eigenvalue weighted by Gasteiger charge is 2.02. The van der Waals surface area contributed by atoms with Crippen LogP contribution in [0.3, 0.4) is 0 Å². The van der Waals surface area contributed by atoms with Crippen LogP contribution >= 0.6 is 0 Å². The number of hydrogen-bond donors (Lipinski definition) is 1. The van der Waals surface area contributed by atoms with Gasteiger partial charge >= 0.3 is 0 Å². The summed E-state index contributed by atoms with van der Waals surface area (Å²) in [7, 11) is 0. The van der Waals surface area contributed by atoms with E-state index in [1.165, 1.54) is 5.56 Å². The average Bonchev–Trinajstić information content (AvgIpc) is 2.18. The second kappa shape index (κ2) is 4.27. The summed E-state index contributed by atoms with van der Waals surface area (Å²) in [5.41, 5.74) is 1.69. The normalized spacial score (nSPS) is 8.92. The molecule has 0 atom stereocenters. The molecular formula is C10H10N2O. The van der Waals surface area contributed by atoms with Crippen molar-refractivity contribution in [2.24, 2.45) is 0 Å². The van der Waals surface area contributed by atoms with Crippen LogP contribution in [0.15, 0.2) is 24.3 Å². The van der Waals surface area contributed by atoms with Crippen molar-refractivity contribution < 1.29 is 4.79 Å². The Balaban J connectivity index is 2.81. The summed E-state index contributed by atoms with van der Waals surface area (Å²) >= 11 is 0. The van der Waals surface area contributed by atoms with Crippen LogP contribution in [-0.4, -0.2) is 5.91 Å². The molecule has 0 unspecified atom stereocenters. The maximum absolute atomic E-state index is 11.1. The zero-order valence-corrected chi connectivity index (χ0v) is 7.37. The summed E-state index contributed by atoms with van der Waals surface area (Å²) in [5, 5.41) is 10.3. The van der Waals surface area contributed by atoms with E-state index in [0.29, 0.717) is 5.56 Å². The first-order valence-corrected chi connectivity index (χ1v) is 4.06. The van der Waals surface area contributed by atoms with Crippen LogP contribution in [0, 0.1) is 11.5 Å². The van der Waals surface area contributed by atoms with Crippen molar-refractivity contribution in [3.8, 4) is 6.19 Å². The first-order chi connectivity index (χ1) is 6.27. The van der Waals surface area contributed by atoms with E-state index < -0.39 is 0 Å². The van der Waals surface area contributed by atoms with E-state index in [0.717, 1.165) is 6.42 Å². The molecule has 1 amide bonds. The van der Waals surface area contributed by atoms with Gasteiger partial charge in [-0.05, 0) is 24.1 Å². The fourth-order valence-electron chi connectivity index (χ4n) is 1.01. The molecule has 66 valence electrons. The SMILES string of the molecule is CCc1ccc(C(=O)NC#N)cc1. The van der Waals surface area contributed by atoms with Crippen LogP contribution in [0.4, 0.5) is 0 Å². The van der Waals surface area contributed by atoms with Crippen molar-refractivity contribution in [1.82, 2.24) is 5.32 Å². The third kappa shape index (κ3) is 2.31. The number of aryl methyl sites for hydroxylation is 1. The second-order valence-corrected chi connectivity index (χ2v) is 2.62. The lowest BCUT2D eigenvalue weighted by Crippen LogP contribution is -2.16. The quantitative estimate of drug-likeness (QED) is 0.545. The van der Waals surface area contributed by atoms with Gasteiger partial charge in [0.15, 0.2) is 6.19 Å². The number of nitrogens with zero attached hydrogens (tertiary/aromatic N) is 1. The molecule has 0 fully saturated rings. The standard InChI is InChI=1S/C10H10N2O/c1-2-8-3-5-9(6-4-8)10(13)12-7-11/h3-6H,2H2,1H3,(H,12,13). The zero-order chi connectivity index (χ0) is 9.68. The molecule has 3 nitrogen and oxygen atoms in total. The molecule has 0 bridgehead atoms. The lowest BCUT2D eigenvalue weighted by atomic mass is 10.1. The van der Waals surface area contributed by atoms with E-state index in [4.69, 9.17) is 5.26 Å². The maximum Gasteiger partial charge on any atom is 0.264 e. The van der Waals surface area contributed by atoms with Crippen LogP contribution in [0.2, 0.25) is 0 Å². The first kappa shape index (κ1) is 9.27. The number of nitriles is 1. The van der Waals surface area contributed by atoms with Crippen molar-refractivity contribution in [2.45, 2.75) is 13.3 Å². The highest BCUT2D eigenvalue weighted by Crippen LogP contribution is 2.04. The second-order valence-electron chi connectivity index (χ2n) is 2.62. The van der Waals surface area contributed by atoms with Crippen molar-refractivity contribution in [2.75, 3.05) is 0 Å².